The molecule has 1 aliphatic rings. The van der Waals surface area contributed by atoms with E-state index in [0.717, 1.165) is 17.3 Å². The van der Waals surface area contributed by atoms with Crippen LogP contribution in [0.4, 0.5) is 0 Å². The maximum Gasteiger partial charge on any atom is 0.137 e. The zero-order valence-electron chi connectivity index (χ0n) is 8.49. The van der Waals surface area contributed by atoms with Gasteiger partial charge in [-0.25, -0.2) is 4.98 Å². The summed E-state index contributed by atoms with van der Waals surface area (Å²) < 4.78 is 2.09. The topological polar surface area (TPSA) is 17.3 Å². The van der Waals surface area contributed by atoms with Crippen molar-refractivity contribution >= 4 is 17.2 Å². The first-order valence-electron chi connectivity index (χ1n) is 5.40. The Bertz CT molecular complexity index is 485. The molecule has 0 aromatic carbocycles. The zero-order chi connectivity index (χ0) is 10.3. The van der Waals surface area contributed by atoms with E-state index in [9.17, 15) is 0 Å². The largest absolute Gasteiger partial charge is 0.306 e. The number of hydrogen-bond acceptors (Lipinski definition) is 1. The minimum absolute atomic E-state index is 0.487. The highest BCUT2D eigenvalue weighted by atomic mass is 35.5. The molecule has 0 radical (unpaired) electrons. The third-order valence-electron chi connectivity index (χ3n) is 3.24. The first-order chi connectivity index (χ1) is 7.36. The Hall–Kier alpha value is -1.02. The fourth-order valence-electron chi connectivity index (χ4n) is 2.11. The number of nitrogens with zero attached hydrogens (tertiary/aromatic N) is 2. The highest BCUT2D eigenvalue weighted by molar-refractivity contribution is 6.16. The lowest BCUT2D eigenvalue weighted by Gasteiger charge is -2.25. The third-order valence-corrected chi connectivity index (χ3v) is 3.51. The number of rotatable bonds is 2. The number of imidazole rings is 1. The van der Waals surface area contributed by atoms with Gasteiger partial charge in [0.05, 0.1) is 11.6 Å². The zero-order valence-corrected chi connectivity index (χ0v) is 9.24. The highest BCUT2D eigenvalue weighted by Gasteiger charge is 2.19. The van der Waals surface area contributed by atoms with Crippen LogP contribution < -0.4 is 0 Å². The summed E-state index contributed by atoms with van der Waals surface area (Å²) in [6, 6.07) is 4.29. The second-order valence-corrected chi connectivity index (χ2v) is 4.49. The Kier molecular flexibility index (Phi) is 2.17. The van der Waals surface area contributed by atoms with Crippen LogP contribution in [0.2, 0.25) is 0 Å². The van der Waals surface area contributed by atoms with Gasteiger partial charge in [-0.15, -0.1) is 11.6 Å². The quantitative estimate of drug-likeness (QED) is 0.710. The first kappa shape index (κ1) is 9.22. The van der Waals surface area contributed by atoms with Crippen molar-refractivity contribution in [2.24, 2.45) is 0 Å². The van der Waals surface area contributed by atoms with Crippen molar-refractivity contribution in [1.82, 2.24) is 9.38 Å². The van der Waals surface area contributed by atoms with E-state index in [4.69, 9.17) is 11.6 Å². The minimum Gasteiger partial charge on any atom is -0.306 e. The average Bonchev–Trinajstić information content (AvgIpc) is 2.57. The normalized spacial score (nSPS) is 16.9. The maximum absolute atomic E-state index is 5.76. The van der Waals surface area contributed by atoms with E-state index >= 15 is 0 Å². The van der Waals surface area contributed by atoms with E-state index in [1.54, 1.807) is 0 Å². The van der Waals surface area contributed by atoms with Crippen LogP contribution in [0, 0.1) is 0 Å². The van der Waals surface area contributed by atoms with E-state index in [-0.39, 0.29) is 0 Å². The number of pyridine rings is 1. The molecule has 2 aromatic rings. The van der Waals surface area contributed by atoms with Crippen molar-refractivity contribution in [2.75, 3.05) is 0 Å². The van der Waals surface area contributed by atoms with Crippen molar-refractivity contribution in [2.45, 2.75) is 31.1 Å². The van der Waals surface area contributed by atoms with Crippen molar-refractivity contribution in [3.8, 4) is 0 Å². The van der Waals surface area contributed by atoms with Gasteiger partial charge < -0.3 is 4.40 Å². The summed E-state index contributed by atoms with van der Waals surface area (Å²) in [6.45, 7) is 0. The molecule has 15 heavy (non-hydrogen) atoms. The molecule has 1 saturated carbocycles. The van der Waals surface area contributed by atoms with Gasteiger partial charge in [-0.3, -0.25) is 0 Å². The van der Waals surface area contributed by atoms with Gasteiger partial charge in [0.15, 0.2) is 0 Å². The minimum atomic E-state index is 0.487. The van der Waals surface area contributed by atoms with Crippen LogP contribution in [-0.2, 0) is 5.88 Å². The third kappa shape index (κ3) is 1.53. The Morgan fingerprint density at radius 3 is 2.87 bits per heavy atom. The molecule has 0 N–H and O–H groups in total. The molecule has 78 valence electrons. The molecular formula is C12H13ClN2. The molecule has 0 aliphatic heterocycles. The molecule has 3 rings (SSSR count). The molecular weight excluding hydrogens is 208 g/mol. The lowest BCUT2D eigenvalue weighted by Crippen LogP contribution is -2.09. The Morgan fingerprint density at radius 2 is 2.20 bits per heavy atom. The Balaban J connectivity index is 2.04. The molecule has 2 aromatic heterocycles. The molecule has 2 heterocycles. The standard InChI is InChI=1S/C12H13ClN2/c13-6-11-8-15-7-10(9-2-1-3-9)4-5-12(15)14-11/h4-5,7-9H,1-3,6H2. The van der Waals surface area contributed by atoms with Gasteiger partial charge in [0.1, 0.15) is 5.65 Å². The number of fused-ring (bicyclic) bond motifs is 1. The van der Waals surface area contributed by atoms with E-state index in [1.807, 2.05) is 6.20 Å². The van der Waals surface area contributed by atoms with Crippen LogP contribution in [0.25, 0.3) is 5.65 Å². The molecule has 0 unspecified atom stereocenters. The molecule has 0 bridgehead atoms. The summed E-state index contributed by atoms with van der Waals surface area (Å²) in [4.78, 5) is 4.41. The molecule has 2 nitrogen and oxygen atoms in total. The van der Waals surface area contributed by atoms with Gasteiger partial charge in [-0.2, -0.15) is 0 Å². The summed E-state index contributed by atoms with van der Waals surface area (Å²) >= 11 is 5.76. The average molecular weight is 221 g/mol. The predicted octanol–water partition coefficient (Wildman–Crippen LogP) is 3.34. The van der Waals surface area contributed by atoms with Gasteiger partial charge in [-0.1, -0.05) is 12.5 Å². The number of alkyl halides is 1. The molecule has 3 heteroatoms. The SMILES string of the molecule is ClCc1cn2cc(C3CCC3)ccc2n1. The lowest BCUT2D eigenvalue weighted by molar-refractivity contribution is 0.418. The molecule has 0 saturated heterocycles. The van der Waals surface area contributed by atoms with Gasteiger partial charge in [0.25, 0.3) is 0 Å². The van der Waals surface area contributed by atoms with Crippen LogP contribution in [-0.4, -0.2) is 9.38 Å². The summed E-state index contributed by atoms with van der Waals surface area (Å²) in [5, 5.41) is 0. The van der Waals surface area contributed by atoms with Crippen LogP contribution >= 0.6 is 11.6 Å². The van der Waals surface area contributed by atoms with Crippen molar-refractivity contribution < 1.29 is 0 Å². The summed E-state index contributed by atoms with van der Waals surface area (Å²) in [6.07, 6.45) is 8.26. The Morgan fingerprint density at radius 1 is 1.33 bits per heavy atom. The summed E-state index contributed by atoms with van der Waals surface area (Å²) in [7, 11) is 0. The molecule has 1 aliphatic carbocycles. The van der Waals surface area contributed by atoms with Crippen molar-refractivity contribution in [1.29, 1.82) is 0 Å². The van der Waals surface area contributed by atoms with E-state index in [2.05, 4.69) is 27.7 Å². The van der Waals surface area contributed by atoms with Crippen LogP contribution in [0.15, 0.2) is 24.5 Å². The summed E-state index contributed by atoms with van der Waals surface area (Å²) in [5.74, 6) is 1.26. The highest BCUT2D eigenvalue weighted by Crippen LogP contribution is 2.36. The van der Waals surface area contributed by atoms with Crippen molar-refractivity contribution in [3.05, 3.63) is 35.8 Å². The fraction of sp³-hybridized carbons (Fsp3) is 0.417. The van der Waals surface area contributed by atoms with Crippen LogP contribution in [0.5, 0.6) is 0 Å². The smallest absolute Gasteiger partial charge is 0.137 e. The van der Waals surface area contributed by atoms with Gasteiger partial charge in [0, 0.05) is 12.4 Å². The summed E-state index contributed by atoms with van der Waals surface area (Å²) in [5.41, 5.74) is 3.38. The predicted molar refractivity (Wildman–Crippen MR) is 61.3 cm³/mol. The van der Waals surface area contributed by atoms with E-state index < -0.39 is 0 Å². The second-order valence-electron chi connectivity index (χ2n) is 4.22. The molecule has 0 atom stereocenters. The lowest BCUT2D eigenvalue weighted by atomic mass is 9.81. The molecule has 0 amide bonds. The van der Waals surface area contributed by atoms with Gasteiger partial charge in [-0.05, 0) is 30.4 Å². The van der Waals surface area contributed by atoms with Crippen LogP contribution in [0.3, 0.4) is 0 Å². The fourth-order valence-corrected chi connectivity index (χ4v) is 2.24. The van der Waals surface area contributed by atoms with Gasteiger partial charge >= 0.3 is 0 Å². The monoisotopic (exact) mass is 220 g/mol. The number of aromatic nitrogens is 2. The molecule has 0 spiro atoms. The Labute approximate surface area is 93.9 Å². The first-order valence-corrected chi connectivity index (χ1v) is 5.94. The number of halogens is 1. The maximum atomic E-state index is 5.76. The van der Waals surface area contributed by atoms with Crippen molar-refractivity contribution in [3.63, 3.8) is 0 Å². The second kappa shape index (κ2) is 3.53. The number of hydrogen-bond donors (Lipinski definition) is 0. The van der Waals surface area contributed by atoms with Gasteiger partial charge in [0.2, 0.25) is 0 Å². The molecule has 1 fully saturated rings. The van der Waals surface area contributed by atoms with Crippen LogP contribution in [0.1, 0.15) is 36.4 Å². The van der Waals surface area contributed by atoms with E-state index in [0.29, 0.717) is 5.88 Å². The van der Waals surface area contributed by atoms with E-state index in [1.165, 1.54) is 24.8 Å².